The van der Waals surface area contributed by atoms with E-state index in [1.807, 2.05) is 0 Å². The molecule has 1 aromatic carbocycles. The van der Waals surface area contributed by atoms with Crippen LogP contribution in [0, 0.1) is 6.92 Å². The fourth-order valence-corrected chi connectivity index (χ4v) is 2.60. The lowest BCUT2D eigenvalue weighted by Crippen LogP contribution is -2.06. The molecule has 1 atom stereocenters. The summed E-state index contributed by atoms with van der Waals surface area (Å²) in [5.74, 6) is 1.76. The van der Waals surface area contributed by atoms with Crippen LogP contribution < -0.4 is 9.47 Å². The summed E-state index contributed by atoms with van der Waals surface area (Å²) in [7, 11) is 3.12. The molecule has 0 amide bonds. The second-order valence-corrected chi connectivity index (χ2v) is 4.93. The number of rotatable bonds is 4. The highest BCUT2D eigenvalue weighted by molar-refractivity contribution is 9.10. The van der Waals surface area contributed by atoms with Crippen molar-refractivity contribution in [2.24, 2.45) is 0 Å². The molecule has 0 saturated carbocycles. The summed E-state index contributed by atoms with van der Waals surface area (Å²) in [6.07, 6.45) is 0.722. The second kappa shape index (κ2) is 6.19. The third-order valence-corrected chi connectivity index (χ3v) is 3.64. The Labute approximate surface area is 125 Å². The molecular weight excluding hydrogens is 324 g/mol. The first-order valence-electron chi connectivity index (χ1n) is 5.96. The maximum atomic E-state index is 10.5. The van der Waals surface area contributed by atoms with Crippen molar-refractivity contribution in [2.45, 2.75) is 13.0 Å². The summed E-state index contributed by atoms with van der Waals surface area (Å²) in [5.41, 5.74) is 1.13. The third kappa shape index (κ3) is 2.76. The minimum absolute atomic E-state index is 0.521. The summed E-state index contributed by atoms with van der Waals surface area (Å²) in [6, 6.07) is 5.19. The minimum atomic E-state index is -0.895. The zero-order chi connectivity index (χ0) is 14.7. The molecule has 0 aliphatic rings. The van der Waals surface area contributed by atoms with Crippen molar-refractivity contribution in [3.63, 3.8) is 0 Å². The summed E-state index contributed by atoms with van der Waals surface area (Å²) in [4.78, 5) is 8.25. The number of methoxy groups -OCH3 is 2. The Bertz CT molecular complexity index is 619. The number of hydrogen-bond donors (Lipinski definition) is 1. The Kier molecular flexibility index (Phi) is 4.57. The first kappa shape index (κ1) is 14.7. The van der Waals surface area contributed by atoms with Crippen LogP contribution in [0.4, 0.5) is 0 Å². The molecule has 0 fully saturated rings. The van der Waals surface area contributed by atoms with Gasteiger partial charge in [0, 0.05) is 11.8 Å². The van der Waals surface area contributed by atoms with Gasteiger partial charge in [-0.15, -0.1) is 0 Å². The first-order chi connectivity index (χ1) is 9.58. The summed E-state index contributed by atoms with van der Waals surface area (Å²) >= 11 is 3.41. The molecular formula is C14H15BrN2O3. The van der Waals surface area contributed by atoms with E-state index in [2.05, 4.69) is 25.9 Å². The van der Waals surface area contributed by atoms with E-state index in [9.17, 15) is 5.11 Å². The molecule has 6 heteroatoms. The monoisotopic (exact) mass is 338 g/mol. The molecule has 0 radical (unpaired) electrons. The predicted octanol–water partition coefficient (Wildman–Crippen LogP) is 2.65. The van der Waals surface area contributed by atoms with Crippen molar-refractivity contribution < 1.29 is 14.6 Å². The molecule has 106 valence electrons. The molecule has 0 bridgehead atoms. The van der Waals surface area contributed by atoms with Gasteiger partial charge in [0.1, 0.15) is 27.9 Å². The van der Waals surface area contributed by atoms with Crippen LogP contribution >= 0.6 is 15.9 Å². The summed E-state index contributed by atoms with van der Waals surface area (Å²) in [6.45, 7) is 1.78. The highest BCUT2D eigenvalue weighted by atomic mass is 79.9. The van der Waals surface area contributed by atoms with Crippen molar-refractivity contribution in [3.05, 3.63) is 46.0 Å². The normalized spacial score (nSPS) is 12.1. The van der Waals surface area contributed by atoms with Crippen molar-refractivity contribution >= 4 is 15.9 Å². The lowest BCUT2D eigenvalue weighted by molar-refractivity contribution is 0.209. The van der Waals surface area contributed by atoms with Crippen LogP contribution in [0.15, 0.2) is 28.9 Å². The van der Waals surface area contributed by atoms with Crippen LogP contribution in [0.25, 0.3) is 0 Å². The average Bonchev–Trinajstić information content (AvgIpc) is 2.46. The van der Waals surface area contributed by atoms with Crippen LogP contribution in [-0.4, -0.2) is 29.3 Å². The lowest BCUT2D eigenvalue weighted by atomic mass is 10.0. The predicted molar refractivity (Wildman–Crippen MR) is 78.1 cm³/mol. The average molecular weight is 339 g/mol. The van der Waals surface area contributed by atoms with Gasteiger partial charge in [0.25, 0.3) is 0 Å². The summed E-state index contributed by atoms with van der Waals surface area (Å²) in [5, 5.41) is 10.5. The number of halogens is 1. The van der Waals surface area contributed by atoms with Crippen molar-refractivity contribution in [1.29, 1.82) is 0 Å². The molecule has 2 aromatic rings. The molecule has 0 spiro atoms. The largest absolute Gasteiger partial charge is 0.495 e. The molecule has 1 unspecified atom stereocenters. The van der Waals surface area contributed by atoms with E-state index in [0.29, 0.717) is 33.1 Å². The smallest absolute Gasteiger partial charge is 0.143 e. The molecule has 0 aliphatic heterocycles. The van der Waals surface area contributed by atoms with Gasteiger partial charge in [0.05, 0.1) is 19.9 Å². The van der Waals surface area contributed by atoms with Crippen LogP contribution in [0.5, 0.6) is 11.5 Å². The van der Waals surface area contributed by atoms with Crippen molar-refractivity contribution in [2.75, 3.05) is 14.2 Å². The molecule has 0 saturated heterocycles. The Morgan fingerprint density at radius 2 is 1.95 bits per heavy atom. The Hall–Kier alpha value is -1.66. The molecule has 5 nitrogen and oxygen atoms in total. The fourth-order valence-electron chi connectivity index (χ4n) is 1.92. The molecule has 1 heterocycles. The van der Waals surface area contributed by atoms with Gasteiger partial charge in [-0.25, -0.2) is 9.97 Å². The van der Waals surface area contributed by atoms with Gasteiger partial charge in [-0.3, -0.25) is 0 Å². The van der Waals surface area contributed by atoms with E-state index < -0.39 is 6.10 Å². The van der Waals surface area contributed by atoms with Gasteiger partial charge in [-0.2, -0.15) is 0 Å². The quantitative estimate of drug-likeness (QED) is 0.928. The zero-order valence-corrected chi connectivity index (χ0v) is 13.0. The highest BCUT2D eigenvalue weighted by Gasteiger charge is 2.21. The number of aliphatic hydroxyl groups is 1. The Balaban J connectivity index is 2.49. The summed E-state index contributed by atoms with van der Waals surface area (Å²) < 4.78 is 11.2. The molecule has 1 aromatic heterocycles. The second-order valence-electron chi connectivity index (χ2n) is 4.14. The first-order valence-corrected chi connectivity index (χ1v) is 6.75. The maximum absolute atomic E-state index is 10.5. The van der Waals surface area contributed by atoms with Gasteiger partial charge in [-0.1, -0.05) is 0 Å². The van der Waals surface area contributed by atoms with E-state index in [4.69, 9.17) is 9.47 Å². The number of ether oxygens (including phenoxy) is 2. The van der Waals surface area contributed by atoms with Crippen LogP contribution in [-0.2, 0) is 0 Å². The van der Waals surface area contributed by atoms with E-state index in [1.54, 1.807) is 45.5 Å². The molecule has 0 aliphatic carbocycles. The van der Waals surface area contributed by atoms with E-state index in [-0.39, 0.29) is 0 Å². The Morgan fingerprint density at radius 1 is 1.20 bits per heavy atom. The molecule has 20 heavy (non-hydrogen) atoms. The fraction of sp³-hybridized carbons (Fsp3) is 0.286. The zero-order valence-electron chi connectivity index (χ0n) is 11.4. The number of benzene rings is 1. The highest BCUT2D eigenvalue weighted by Crippen LogP contribution is 2.40. The van der Waals surface area contributed by atoms with Crippen LogP contribution in [0.2, 0.25) is 0 Å². The van der Waals surface area contributed by atoms with E-state index in [1.165, 1.54) is 0 Å². The van der Waals surface area contributed by atoms with Gasteiger partial charge in [0.2, 0.25) is 0 Å². The maximum Gasteiger partial charge on any atom is 0.143 e. The standard InChI is InChI=1S/C14H15BrN2O3/c1-8-16-7-6-10(17-8)13(18)9-4-5-11(19-2)12(15)14(9)20-3/h4-7,13,18H,1-3H3. The third-order valence-electron chi connectivity index (χ3n) is 2.89. The van der Waals surface area contributed by atoms with Gasteiger partial charge >= 0.3 is 0 Å². The lowest BCUT2D eigenvalue weighted by Gasteiger charge is -2.17. The number of nitrogens with zero attached hydrogens (tertiary/aromatic N) is 2. The number of aliphatic hydroxyl groups excluding tert-OH is 1. The van der Waals surface area contributed by atoms with Crippen molar-refractivity contribution in [1.82, 2.24) is 9.97 Å². The number of aryl methyl sites for hydroxylation is 1. The van der Waals surface area contributed by atoms with Crippen molar-refractivity contribution in [3.8, 4) is 11.5 Å². The van der Waals surface area contributed by atoms with Gasteiger partial charge < -0.3 is 14.6 Å². The van der Waals surface area contributed by atoms with Gasteiger partial charge in [-0.05, 0) is 41.1 Å². The van der Waals surface area contributed by atoms with Gasteiger partial charge in [0.15, 0.2) is 0 Å². The number of hydrogen-bond acceptors (Lipinski definition) is 5. The van der Waals surface area contributed by atoms with Crippen LogP contribution in [0.3, 0.4) is 0 Å². The number of aromatic nitrogens is 2. The molecule has 1 N–H and O–H groups in total. The molecule has 2 rings (SSSR count). The van der Waals surface area contributed by atoms with E-state index >= 15 is 0 Å². The van der Waals surface area contributed by atoms with Crippen LogP contribution in [0.1, 0.15) is 23.2 Å². The topological polar surface area (TPSA) is 64.5 Å². The Morgan fingerprint density at radius 3 is 2.55 bits per heavy atom. The SMILES string of the molecule is COc1ccc(C(O)c2ccnc(C)n2)c(OC)c1Br. The minimum Gasteiger partial charge on any atom is -0.495 e. The van der Waals surface area contributed by atoms with E-state index in [0.717, 1.165) is 0 Å².